The van der Waals surface area contributed by atoms with Gasteiger partial charge in [-0.15, -0.1) is 0 Å². The number of aromatic nitrogens is 3. The van der Waals surface area contributed by atoms with Crippen LogP contribution in [0.5, 0.6) is 5.75 Å². The number of ether oxygens (including phenoxy) is 1. The first-order valence-electron chi connectivity index (χ1n) is 12.6. The van der Waals surface area contributed by atoms with Gasteiger partial charge in [-0.25, -0.2) is 31.6 Å². The van der Waals surface area contributed by atoms with Gasteiger partial charge in [-0.1, -0.05) is 6.07 Å². The standard InChI is InChI=1S/C30H21F3N6O4S/c1-17(43-21-5-3-9-35-15-21)36-14-19(12-34)18-10-23-24(16-38-30(23)37-13-18)29(40)27-25(32)7-8-26(28(27)33)39-44(41,42)22-6-2-4-20(31)11-22/h2-16,39H,1,34H2,(H,37,38)/b19-12+,36-14-. The lowest BCUT2D eigenvalue weighted by Crippen LogP contribution is -2.16. The van der Waals surface area contributed by atoms with E-state index in [4.69, 9.17) is 10.5 Å². The molecule has 4 N–H and O–H groups in total. The number of carbonyl (C=O) groups excluding carboxylic acids is 1. The number of aromatic amines is 1. The minimum absolute atomic E-state index is 0.0303. The number of sulfonamides is 1. The molecule has 0 aliphatic carbocycles. The molecule has 3 aromatic heterocycles. The molecular formula is C30H21F3N6O4S. The van der Waals surface area contributed by atoms with Crippen molar-refractivity contribution in [3.63, 3.8) is 0 Å². The number of halogens is 3. The molecule has 222 valence electrons. The van der Waals surface area contributed by atoms with Gasteiger partial charge in [0.05, 0.1) is 22.3 Å². The van der Waals surface area contributed by atoms with Crippen LogP contribution in [0.1, 0.15) is 21.5 Å². The van der Waals surface area contributed by atoms with E-state index in [1.165, 1.54) is 37.1 Å². The van der Waals surface area contributed by atoms with Crippen molar-refractivity contribution in [2.45, 2.75) is 4.90 Å². The summed E-state index contributed by atoms with van der Waals surface area (Å²) in [5, 5.41) is 0.190. The molecule has 5 rings (SSSR count). The lowest BCUT2D eigenvalue weighted by molar-refractivity contribution is 0.103. The van der Waals surface area contributed by atoms with Gasteiger partial charge < -0.3 is 15.5 Å². The number of H-pyrrole nitrogens is 1. The molecule has 0 fully saturated rings. The molecule has 3 heterocycles. The molecule has 0 saturated heterocycles. The first-order valence-corrected chi connectivity index (χ1v) is 14.1. The van der Waals surface area contributed by atoms with E-state index in [0.29, 0.717) is 16.9 Å². The molecule has 0 radical (unpaired) electrons. The zero-order valence-corrected chi connectivity index (χ0v) is 23.3. The molecule has 10 nitrogen and oxygen atoms in total. The van der Waals surface area contributed by atoms with E-state index < -0.39 is 49.4 Å². The van der Waals surface area contributed by atoms with Gasteiger partial charge in [0, 0.05) is 53.1 Å². The fourth-order valence-electron chi connectivity index (χ4n) is 4.09. The zero-order chi connectivity index (χ0) is 31.4. The predicted octanol–water partition coefficient (Wildman–Crippen LogP) is 5.33. The number of ketones is 1. The smallest absolute Gasteiger partial charge is 0.262 e. The molecule has 0 atom stereocenters. The number of nitrogens with two attached hydrogens (primary N) is 1. The maximum Gasteiger partial charge on any atom is 0.262 e. The highest BCUT2D eigenvalue weighted by Crippen LogP contribution is 2.29. The van der Waals surface area contributed by atoms with Crippen LogP contribution >= 0.6 is 0 Å². The number of hydrogen-bond acceptors (Lipinski definition) is 8. The van der Waals surface area contributed by atoms with Crippen LogP contribution in [-0.2, 0) is 10.0 Å². The number of allylic oxidation sites excluding steroid dienone is 1. The summed E-state index contributed by atoms with van der Waals surface area (Å²) in [4.78, 5) is 28.1. The Morgan fingerprint density at radius 3 is 2.64 bits per heavy atom. The molecule has 0 amide bonds. The van der Waals surface area contributed by atoms with E-state index in [-0.39, 0.29) is 22.5 Å². The number of pyridine rings is 2. The summed E-state index contributed by atoms with van der Waals surface area (Å²) in [5.74, 6) is -4.18. The number of fused-ring (bicyclic) bond motifs is 1. The SMILES string of the molecule is C=C(/N=C\C(=C/N)c1cnc2[nH]cc(C(=O)c3c(F)ccc(NS(=O)(=O)c4cccc(F)c4)c3F)c2c1)Oc1cccnc1. The summed E-state index contributed by atoms with van der Waals surface area (Å²) in [6, 6.07) is 10.4. The van der Waals surface area contributed by atoms with Crippen molar-refractivity contribution in [3.8, 4) is 5.75 Å². The maximum atomic E-state index is 15.5. The van der Waals surface area contributed by atoms with Gasteiger partial charge in [-0.2, -0.15) is 0 Å². The third-order valence-electron chi connectivity index (χ3n) is 6.18. The highest BCUT2D eigenvalue weighted by molar-refractivity contribution is 7.92. The van der Waals surface area contributed by atoms with Gasteiger partial charge in [0.25, 0.3) is 10.0 Å². The quantitative estimate of drug-likeness (QED) is 0.109. The Bertz CT molecular complexity index is 2080. The summed E-state index contributed by atoms with van der Waals surface area (Å²) in [7, 11) is -4.48. The zero-order valence-electron chi connectivity index (χ0n) is 22.5. The Balaban J connectivity index is 1.44. The Morgan fingerprint density at radius 2 is 1.91 bits per heavy atom. The van der Waals surface area contributed by atoms with Crippen LogP contribution in [0.3, 0.4) is 0 Å². The Hall–Kier alpha value is -5.76. The molecule has 0 spiro atoms. The van der Waals surface area contributed by atoms with Gasteiger partial charge in [-0.3, -0.25) is 14.5 Å². The molecule has 0 unspecified atom stereocenters. The molecule has 0 aliphatic rings. The first-order chi connectivity index (χ1) is 21.1. The van der Waals surface area contributed by atoms with Gasteiger partial charge in [0.1, 0.15) is 23.0 Å². The Morgan fingerprint density at radius 1 is 1.09 bits per heavy atom. The van der Waals surface area contributed by atoms with Gasteiger partial charge in [0.2, 0.25) is 11.7 Å². The van der Waals surface area contributed by atoms with Gasteiger partial charge in [0.15, 0.2) is 5.82 Å². The van der Waals surface area contributed by atoms with E-state index in [1.807, 2.05) is 4.72 Å². The number of aliphatic imine (C=N–C) groups is 1. The van der Waals surface area contributed by atoms with Crippen LogP contribution in [0.15, 0.2) is 108 Å². The molecular weight excluding hydrogens is 597 g/mol. The van der Waals surface area contributed by atoms with Crippen LogP contribution in [0.25, 0.3) is 16.6 Å². The number of benzene rings is 2. The largest absolute Gasteiger partial charge is 0.438 e. The van der Waals surface area contributed by atoms with Crippen molar-refractivity contribution in [2.75, 3.05) is 4.72 Å². The molecule has 5 aromatic rings. The fourth-order valence-corrected chi connectivity index (χ4v) is 5.18. The van der Waals surface area contributed by atoms with E-state index in [9.17, 15) is 22.0 Å². The number of nitrogens with zero attached hydrogens (tertiary/aromatic N) is 3. The fraction of sp³-hybridized carbons (Fsp3) is 0. The number of anilines is 1. The third kappa shape index (κ3) is 6.19. The van der Waals surface area contributed by atoms with Crippen LogP contribution in [0.4, 0.5) is 18.9 Å². The maximum absolute atomic E-state index is 15.5. The summed E-state index contributed by atoms with van der Waals surface area (Å²) in [5.41, 5.74) is 4.87. The second kappa shape index (κ2) is 12.2. The van der Waals surface area contributed by atoms with Crippen LogP contribution in [0.2, 0.25) is 0 Å². The summed E-state index contributed by atoms with van der Waals surface area (Å²) in [6.45, 7) is 3.72. The third-order valence-corrected chi connectivity index (χ3v) is 7.54. The highest BCUT2D eigenvalue weighted by atomic mass is 32.2. The summed E-state index contributed by atoms with van der Waals surface area (Å²) >= 11 is 0. The minimum Gasteiger partial charge on any atom is -0.438 e. The number of rotatable bonds is 10. The second-order valence-corrected chi connectivity index (χ2v) is 10.7. The minimum atomic E-state index is -4.48. The molecule has 0 aliphatic heterocycles. The van der Waals surface area contributed by atoms with Crippen LogP contribution in [-0.4, -0.2) is 35.4 Å². The lowest BCUT2D eigenvalue weighted by atomic mass is 10.00. The van der Waals surface area contributed by atoms with Crippen LogP contribution < -0.4 is 15.2 Å². The van der Waals surface area contributed by atoms with Crippen molar-refractivity contribution in [1.29, 1.82) is 0 Å². The second-order valence-electron chi connectivity index (χ2n) is 9.06. The average molecular weight is 619 g/mol. The highest BCUT2D eigenvalue weighted by Gasteiger charge is 2.26. The molecule has 14 heteroatoms. The van der Waals surface area contributed by atoms with E-state index >= 15 is 4.39 Å². The van der Waals surface area contributed by atoms with Crippen LogP contribution in [0, 0.1) is 17.5 Å². The first kappa shape index (κ1) is 29.7. The molecule has 2 aromatic carbocycles. The number of carbonyl (C=O) groups is 1. The van der Waals surface area contributed by atoms with Crippen molar-refractivity contribution in [3.05, 3.63) is 132 Å². The monoisotopic (exact) mass is 618 g/mol. The summed E-state index contributed by atoms with van der Waals surface area (Å²) < 4.78 is 76.9. The van der Waals surface area contributed by atoms with Gasteiger partial charge in [-0.05, 0) is 55.1 Å². The van der Waals surface area contributed by atoms with E-state index in [1.54, 1.807) is 18.3 Å². The Labute approximate surface area is 248 Å². The van der Waals surface area contributed by atoms with Crippen molar-refractivity contribution >= 4 is 44.3 Å². The van der Waals surface area contributed by atoms with Crippen molar-refractivity contribution in [1.82, 2.24) is 15.0 Å². The Kier molecular flexibility index (Phi) is 8.26. The topological polar surface area (TPSA) is 152 Å². The van der Waals surface area contributed by atoms with E-state index in [2.05, 4.69) is 26.5 Å². The normalized spacial score (nSPS) is 12.0. The predicted molar refractivity (Wildman–Crippen MR) is 158 cm³/mol. The van der Waals surface area contributed by atoms with Crippen molar-refractivity contribution in [2.24, 2.45) is 10.7 Å². The summed E-state index contributed by atoms with van der Waals surface area (Å²) in [6.07, 6.45) is 8.28. The van der Waals surface area contributed by atoms with Gasteiger partial charge >= 0.3 is 0 Å². The number of hydrogen-bond donors (Lipinski definition) is 3. The van der Waals surface area contributed by atoms with E-state index in [0.717, 1.165) is 36.4 Å². The van der Waals surface area contributed by atoms with Crippen molar-refractivity contribution < 1.29 is 31.1 Å². The molecule has 44 heavy (non-hydrogen) atoms. The molecule has 0 bridgehead atoms. The average Bonchev–Trinajstić information content (AvgIpc) is 3.43. The molecule has 0 saturated carbocycles. The number of nitrogens with one attached hydrogen (secondary N) is 2. The lowest BCUT2D eigenvalue weighted by Gasteiger charge is -2.12.